The molecule has 0 N–H and O–H groups in total. The van der Waals surface area contributed by atoms with E-state index in [-0.39, 0.29) is 18.4 Å². The normalized spacial score (nSPS) is 15.6. The van der Waals surface area contributed by atoms with Crippen molar-refractivity contribution in [1.29, 1.82) is 0 Å². The zero-order valence-corrected chi connectivity index (χ0v) is 19.2. The second-order valence-corrected chi connectivity index (χ2v) is 8.29. The van der Waals surface area contributed by atoms with Crippen LogP contribution in [0.3, 0.4) is 0 Å². The fourth-order valence-corrected chi connectivity index (χ4v) is 4.61. The summed E-state index contributed by atoms with van der Waals surface area (Å²) >= 11 is 0. The van der Waals surface area contributed by atoms with Gasteiger partial charge in [-0.15, -0.1) is 0 Å². The highest BCUT2D eigenvalue weighted by Gasteiger charge is 2.42. The molecule has 34 heavy (non-hydrogen) atoms. The number of fused-ring (bicyclic) bond motifs is 1. The summed E-state index contributed by atoms with van der Waals surface area (Å²) in [5.41, 5.74) is 4.73. The molecule has 1 aromatic heterocycles. The molecule has 0 spiro atoms. The van der Waals surface area contributed by atoms with Crippen LogP contribution in [0, 0.1) is 0 Å². The third-order valence-corrected chi connectivity index (χ3v) is 6.35. The number of hydrogen-bond donors (Lipinski definition) is 0. The van der Waals surface area contributed by atoms with E-state index in [0.717, 1.165) is 12.0 Å². The Morgan fingerprint density at radius 2 is 1.62 bits per heavy atom. The quantitative estimate of drug-likeness (QED) is 0.531. The SMILES string of the molecule is COc1ccc(C2=C(N3CCc4ccccc4C3)C(=O)N(Cc3ccncc3)C2=O)cc1OC. The van der Waals surface area contributed by atoms with Crippen LogP contribution in [0.2, 0.25) is 0 Å². The van der Waals surface area contributed by atoms with Crippen LogP contribution in [0.4, 0.5) is 0 Å². The van der Waals surface area contributed by atoms with Crippen LogP contribution in [0.5, 0.6) is 11.5 Å². The molecule has 3 heterocycles. The Labute approximate surface area is 198 Å². The lowest BCUT2D eigenvalue weighted by Crippen LogP contribution is -2.37. The van der Waals surface area contributed by atoms with Gasteiger partial charge in [0.2, 0.25) is 0 Å². The summed E-state index contributed by atoms with van der Waals surface area (Å²) in [7, 11) is 3.12. The van der Waals surface area contributed by atoms with Crippen molar-refractivity contribution >= 4 is 17.4 Å². The van der Waals surface area contributed by atoms with Crippen molar-refractivity contribution in [2.24, 2.45) is 0 Å². The minimum absolute atomic E-state index is 0.185. The lowest BCUT2D eigenvalue weighted by atomic mass is 9.97. The summed E-state index contributed by atoms with van der Waals surface area (Å²) in [6, 6.07) is 17.2. The van der Waals surface area contributed by atoms with Crippen molar-refractivity contribution in [2.45, 2.75) is 19.5 Å². The van der Waals surface area contributed by atoms with E-state index in [9.17, 15) is 9.59 Å². The fourth-order valence-electron chi connectivity index (χ4n) is 4.61. The molecule has 2 amide bonds. The number of nitrogens with zero attached hydrogens (tertiary/aromatic N) is 3. The standard InChI is InChI=1S/C27H25N3O4/c1-33-22-8-7-20(15-23(22)34-2)24-25(29-14-11-19-5-3-4-6-21(19)17-29)27(32)30(26(24)31)16-18-9-12-28-13-10-18/h3-10,12-13,15H,11,14,16-17H2,1-2H3. The van der Waals surface area contributed by atoms with Crippen molar-refractivity contribution in [3.8, 4) is 11.5 Å². The van der Waals surface area contributed by atoms with Gasteiger partial charge in [-0.2, -0.15) is 0 Å². The number of hydrogen-bond acceptors (Lipinski definition) is 6. The minimum atomic E-state index is -0.317. The van der Waals surface area contributed by atoms with Gasteiger partial charge in [0.1, 0.15) is 5.70 Å². The summed E-state index contributed by atoms with van der Waals surface area (Å²) in [5.74, 6) is 0.461. The van der Waals surface area contributed by atoms with Gasteiger partial charge in [0, 0.05) is 25.5 Å². The van der Waals surface area contributed by atoms with Gasteiger partial charge in [-0.1, -0.05) is 30.3 Å². The first-order valence-corrected chi connectivity index (χ1v) is 11.1. The van der Waals surface area contributed by atoms with Crippen molar-refractivity contribution < 1.29 is 19.1 Å². The highest BCUT2D eigenvalue weighted by molar-refractivity contribution is 6.35. The minimum Gasteiger partial charge on any atom is -0.493 e. The number of carbonyl (C=O) groups excluding carboxylic acids is 2. The summed E-state index contributed by atoms with van der Waals surface area (Å²) in [6.07, 6.45) is 4.13. The predicted molar refractivity (Wildman–Crippen MR) is 127 cm³/mol. The fraction of sp³-hybridized carbons (Fsp3) is 0.222. The Balaban J connectivity index is 1.59. The maximum absolute atomic E-state index is 13.7. The molecule has 7 heteroatoms. The Hall–Kier alpha value is -4.13. The molecular formula is C27H25N3O4. The van der Waals surface area contributed by atoms with E-state index in [1.807, 2.05) is 29.2 Å². The van der Waals surface area contributed by atoms with Crippen LogP contribution in [-0.2, 0) is 29.1 Å². The summed E-state index contributed by atoms with van der Waals surface area (Å²) in [6.45, 7) is 1.42. The number of ether oxygens (including phenoxy) is 2. The molecule has 0 saturated heterocycles. The van der Waals surface area contributed by atoms with Gasteiger partial charge >= 0.3 is 0 Å². The average Bonchev–Trinajstić information content (AvgIpc) is 3.13. The van der Waals surface area contributed by atoms with E-state index in [1.165, 1.54) is 16.0 Å². The van der Waals surface area contributed by atoms with Crippen molar-refractivity contribution in [3.05, 3.63) is 94.9 Å². The van der Waals surface area contributed by atoms with Crippen LogP contribution >= 0.6 is 0 Å². The van der Waals surface area contributed by atoms with Gasteiger partial charge in [0.15, 0.2) is 11.5 Å². The van der Waals surface area contributed by atoms with Gasteiger partial charge < -0.3 is 14.4 Å². The molecule has 5 rings (SSSR count). The average molecular weight is 456 g/mol. The second-order valence-electron chi connectivity index (χ2n) is 8.29. The molecule has 7 nitrogen and oxygen atoms in total. The molecule has 3 aromatic rings. The topological polar surface area (TPSA) is 72.0 Å². The molecule has 0 fully saturated rings. The Bertz CT molecular complexity index is 1290. The van der Waals surface area contributed by atoms with Crippen LogP contribution in [0.1, 0.15) is 22.3 Å². The molecule has 0 saturated carbocycles. The molecule has 0 aliphatic carbocycles. The molecule has 0 radical (unpaired) electrons. The highest BCUT2D eigenvalue weighted by Crippen LogP contribution is 2.38. The number of benzene rings is 2. The summed E-state index contributed by atoms with van der Waals surface area (Å²) < 4.78 is 10.8. The third kappa shape index (κ3) is 3.79. The summed E-state index contributed by atoms with van der Waals surface area (Å²) in [4.78, 5) is 34.8. The number of methoxy groups -OCH3 is 2. The number of rotatable bonds is 6. The molecular weight excluding hydrogens is 430 g/mol. The smallest absolute Gasteiger partial charge is 0.278 e. The molecule has 0 unspecified atom stereocenters. The number of carbonyl (C=O) groups is 2. The largest absolute Gasteiger partial charge is 0.493 e. The number of pyridine rings is 1. The first kappa shape index (κ1) is 21.7. The van der Waals surface area contributed by atoms with E-state index < -0.39 is 0 Å². The van der Waals surface area contributed by atoms with E-state index in [0.29, 0.717) is 41.4 Å². The van der Waals surface area contributed by atoms with Gasteiger partial charge in [-0.05, 0) is 52.9 Å². The molecule has 172 valence electrons. The van der Waals surface area contributed by atoms with Crippen LogP contribution in [0.25, 0.3) is 5.57 Å². The zero-order chi connectivity index (χ0) is 23.7. The van der Waals surface area contributed by atoms with Crippen LogP contribution in [-0.4, -0.2) is 47.4 Å². The number of amides is 2. The van der Waals surface area contributed by atoms with Crippen molar-refractivity contribution in [1.82, 2.24) is 14.8 Å². The van der Waals surface area contributed by atoms with Gasteiger partial charge in [0.05, 0.1) is 26.3 Å². The maximum atomic E-state index is 13.7. The number of imide groups is 1. The van der Waals surface area contributed by atoms with Crippen molar-refractivity contribution in [3.63, 3.8) is 0 Å². The van der Waals surface area contributed by atoms with E-state index >= 15 is 0 Å². The second kappa shape index (κ2) is 9.02. The Kier molecular flexibility index (Phi) is 5.76. The van der Waals surface area contributed by atoms with Gasteiger partial charge in [-0.25, -0.2) is 0 Å². The Morgan fingerprint density at radius 3 is 2.35 bits per heavy atom. The summed E-state index contributed by atoms with van der Waals surface area (Å²) in [5, 5.41) is 0. The molecule has 2 aromatic carbocycles. The molecule has 2 aliphatic heterocycles. The van der Waals surface area contributed by atoms with Crippen LogP contribution in [0.15, 0.2) is 72.7 Å². The number of aromatic nitrogens is 1. The lowest BCUT2D eigenvalue weighted by Gasteiger charge is -2.31. The van der Waals surface area contributed by atoms with E-state index in [1.54, 1.807) is 44.8 Å². The first-order chi connectivity index (χ1) is 16.6. The van der Waals surface area contributed by atoms with Crippen molar-refractivity contribution in [2.75, 3.05) is 20.8 Å². The van der Waals surface area contributed by atoms with E-state index in [4.69, 9.17) is 9.47 Å². The lowest BCUT2D eigenvalue weighted by molar-refractivity contribution is -0.138. The predicted octanol–water partition coefficient (Wildman–Crippen LogP) is 3.44. The highest BCUT2D eigenvalue weighted by atomic mass is 16.5. The maximum Gasteiger partial charge on any atom is 0.278 e. The van der Waals surface area contributed by atoms with Crippen LogP contribution < -0.4 is 9.47 Å². The molecule has 2 aliphatic rings. The van der Waals surface area contributed by atoms with E-state index in [2.05, 4.69) is 17.1 Å². The molecule has 0 bridgehead atoms. The van der Waals surface area contributed by atoms with Gasteiger partial charge in [0.25, 0.3) is 11.8 Å². The third-order valence-electron chi connectivity index (χ3n) is 6.35. The monoisotopic (exact) mass is 455 g/mol. The first-order valence-electron chi connectivity index (χ1n) is 11.1. The molecule has 0 atom stereocenters. The van der Waals surface area contributed by atoms with Gasteiger partial charge in [-0.3, -0.25) is 19.5 Å². The Morgan fingerprint density at radius 1 is 0.882 bits per heavy atom. The zero-order valence-electron chi connectivity index (χ0n) is 19.2.